The zero-order valence-corrected chi connectivity index (χ0v) is 20.5. The van der Waals surface area contributed by atoms with Crippen LogP contribution in [0.25, 0.3) is 0 Å². The normalized spacial score (nSPS) is 16.5. The van der Waals surface area contributed by atoms with Gasteiger partial charge in [-0.05, 0) is 81.0 Å². The summed E-state index contributed by atoms with van der Waals surface area (Å²) in [5, 5.41) is 2.90. The Morgan fingerprint density at radius 1 is 1.12 bits per heavy atom. The molecule has 7 nitrogen and oxygen atoms in total. The van der Waals surface area contributed by atoms with Gasteiger partial charge in [0.2, 0.25) is 5.91 Å². The fourth-order valence-electron chi connectivity index (χ4n) is 3.79. The first-order valence-electron chi connectivity index (χ1n) is 10.8. The number of ether oxygens (including phenoxy) is 1. The Kier molecular flexibility index (Phi) is 7.49. The summed E-state index contributed by atoms with van der Waals surface area (Å²) in [5.41, 5.74) is 9.92. The van der Waals surface area contributed by atoms with Crippen LogP contribution >= 0.6 is 11.8 Å². The van der Waals surface area contributed by atoms with Crippen molar-refractivity contribution in [2.75, 3.05) is 18.7 Å². The first-order chi connectivity index (χ1) is 15.6. The van der Waals surface area contributed by atoms with Gasteiger partial charge in [-0.25, -0.2) is 4.79 Å². The van der Waals surface area contributed by atoms with Crippen LogP contribution in [0.3, 0.4) is 0 Å². The lowest BCUT2D eigenvalue weighted by atomic mass is 9.92. The van der Waals surface area contributed by atoms with Gasteiger partial charge in [0, 0.05) is 28.6 Å². The number of hydrogen-bond donors (Lipinski definition) is 2. The van der Waals surface area contributed by atoms with Crippen LogP contribution in [0.2, 0.25) is 0 Å². The van der Waals surface area contributed by atoms with Crippen LogP contribution in [0.4, 0.5) is 5.69 Å². The van der Waals surface area contributed by atoms with E-state index in [2.05, 4.69) is 10.1 Å². The molecular weight excluding hydrogens is 438 g/mol. The van der Waals surface area contributed by atoms with Crippen molar-refractivity contribution < 1.29 is 19.1 Å². The molecule has 0 aliphatic carbocycles. The minimum absolute atomic E-state index is 0.0440. The van der Waals surface area contributed by atoms with E-state index in [9.17, 15) is 14.4 Å². The highest BCUT2D eigenvalue weighted by Crippen LogP contribution is 2.30. The molecule has 1 aliphatic rings. The zero-order valence-electron chi connectivity index (χ0n) is 19.7. The quantitative estimate of drug-likeness (QED) is 0.628. The minimum atomic E-state index is -0.604. The van der Waals surface area contributed by atoms with Crippen LogP contribution in [0, 0.1) is 0 Å². The number of anilines is 1. The van der Waals surface area contributed by atoms with E-state index in [1.807, 2.05) is 50.1 Å². The van der Waals surface area contributed by atoms with E-state index in [0.717, 1.165) is 17.5 Å². The van der Waals surface area contributed by atoms with Gasteiger partial charge in [-0.2, -0.15) is 11.8 Å². The van der Waals surface area contributed by atoms with Crippen LogP contribution < -0.4 is 11.1 Å². The van der Waals surface area contributed by atoms with E-state index in [0.29, 0.717) is 23.4 Å². The van der Waals surface area contributed by atoms with Crippen LogP contribution in [-0.4, -0.2) is 52.9 Å². The van der Waals surface area contributed by atoms with E-state index >= 15 is 0 Å². The molecule has 0 saturated heterocycles. The molecule has 33 heavy (non-hydrogen) atoms. The number of hydrogen-bond acceptors (Lipinski definition) is 6. The molecule has 2 unspecified atom stereocenters. The lowest BCUT2D eigenvalue weighted by Crippen LogP contribution is -2.56. The van der Waals surface area contributed by atoms with Crippen molar-refractivity contribution in [2.45, 2.75) is 50.6 Å². The highest BCUT2D eigenvalue weighted by Gasteiger charge is 2.37. The van der Waals surface area contributed by atoms with Crippen molar-refractivity contribution in [3.8, 4) is 0 Å². The number of thioether (sulfide) groups is 1. The molecule has 2 amide bonds. The molecule has 0 fully saturated rings. The summed E-state index contributed by atoms with van der Waals surface area (Å²) < 4.78 is 4.32. The first-order valence-corrected chi connectivity index (χ1v) is 12.0. The van der Waals surface area contributed by atoms with Gasteiger partial charge in [0.15, 0.2) is 0 Å². The Balaban J connectivity index is 1.75. The molecule has 1 heterocycles. The van der Waals surface area contributed by atoms with Gasteiger partial charge >= 0.3 is 5.97 Å². The van der Waals surface area contributed by atoms with Gasteiger partial charge in [-0.15, -0.1) is 0 Å². The molecule has 0 aromatic heterocycles. The van der Waals surface area contributed by atoms with Gasteiger partial charge < -0.3 is 20.7 Å². The monoisotopic (exact) mass is 469 g/mol. The Bertz CT molecular complexity index is 1050. The average Bonchev–Trinajstić information content (AvgIpc) is 2.82. The molecule has 0 spiro atoms. The molecular formula is C25H31N3O4S. The third-order valence-electron chi connectivity index (χ3n) is 6.24. The summed E-state index contributed by atoms with van der Waals surface area (Å²) >= 11 is 1.58. The van der Waals surface area contributed by atoms with Crippen LogP contribution in [0.1, 0.15) is 52.6 Å². The highest BCUT2D eigenvalue weighted by atomic mass is 32.2. The van der Waals surface area contributed by atoms with E-state index < -0.39 is 12.0 Å². The van der Waals surface area contributed by atoms with Crippen molar-refractivity contribution in [2.24, 2.45) is 5.73 Å². The van der Waals surface area contributed by atoms with Crippen molar-refractivity contribution >= 4 is 35.2 Å². The third-order valence-corrected chi connectivity index (χ3v) is 7.55. The fourth-order valence-corrected chi connectivity index (χ4v) is 4.15. The number of nitrogens with two attached hydrogens (primary N) is 1. The van der Waals surface area contributed by atoms with Crippen LogP contribution in [-0.2, 0) is 22.5 Å². The Morgan fingerprint density at radius 2 is 1.76 bits per heavy atom. The van der Waals surface area contributed by atoms with Crippen molar-refractivity contribution in [3.63, 3.8) is 0 Å². The van der Waals surface area contributed by atoms with Crippen molar-refractivity contribution in [1.82, 2.24) is 4.90 Å². The molecule has 3 rings (SSSR count). The van der Waals surface area contributed by atoms with E-state index in [1.165, 1.54) is 7.11 Å². The summed E-state index contributed by atoms with van der Waals surface area (Å²) in [5.74, 6) is -0.800. The lowest BCUT2D eigenvalue weighted by Gasteiger charge is -2.39. The number of nitrogens with zero attached hydrogens (tertiary/aromatic N) is 1. The van der Waals surface area contributed by atoms with Gasteiger partial charge in [0.25, 0.3) is 5.91 Å². The molecule has 2 atom stereocenters. The Labute approximate surface area is 199 Å². The minimum Gasteiger partial charge on any atom is -0.465 e. The maximum atomic E-state index is 13.2. The summed E-state index contributed by atoms with van der Waals surface area (Å²) in [6, 6.07) is 11.5. The molecule has 8 heteroatoms. The molecule has 0 bridgehead atoms. The second-order valence-corrected chi connectivity index (χ2v) is 10.3. The zero-order chi connectivity index (χ0) is 24.3. The number of fused-ring (bicyclic) bond motifs is 1. The summed E-state index contributed by atoms with van der Waals surface area (Å²) in [6.45, 7) is 6.45. The molecule has 176 valence electrons. The van der Waals surface area contributed by atoms with Gasteiger partial charge in [0.05, 0.1) is 18.7 Å². The lowest BCUT2D eigenvalue weighted by molar-refractivity contribution is -0.136. The molecule has 0 radical (unpaired) electrons. The van der Waals surface area contributed by atoms with E-state index in [-0.39, 0.29) is 22.6 Å². The number of carbonyl (C=O) groups excluding carboxylic acids is 3. The summed E-state index contributed by atoms with van der Waals surface area (Å²) in [7, 11) is 1.31. The number of methoxy groups -OCH3 is 1. The first kappa shape index (κ1) is 24.8. The van der Waals surface area contributed by atoms with Crippen LogP contribution in [0.5, 0.6) is 0 Å². The molecule has 2 aromatic rings. The Morgan fingerprint density at radius 3 is 2.36 bits per heavy atom. The summed E-state index contributed by atoms with van der Waals surface area (Å²) in [4.78, 5) is 39.2. The fraction of sp³-hybridized carbons (Fsp3) is 0.400. The topological polar surface area (TPSA) is 102 Å². The predicted molar refractivity (Wildman–Crippen MR) is 131 cm³/mol. The third kappa shape index (κ3) is 5.39. The van der Waals surface area contributed by atoms with Gasteiger partial charge in [-0.3, -0.25) is 9.59 Å². The van der Waals surface area contributed by atoms with Gasteiger partial charge in [0.1, 0.15) is 0 Å². The number of amides is 2. The van der Waals surface area contributed by atoms with Crippen molar-refractivity contribution in [1.29, 1.82) is 0 Å². The molecule has 0 saturated carbocycles. The maximum absolute atomic E-state index is 13.2. The maximum Gasteiger partial charge on any atom is 0.337 e. The Hall–Kier alpha value is -2.84. The van der Waals surface area contributed by atoms with Crippen molar-refractivity contribution in [3.05, 3.63) is 64.7 Å². The average molecular weight is 470 g/mol. The summed E-state index contributed by atoms with van der Waals surface area (Å²) in [6.07, 6.45) is 2.69. The SMILES string of the molecule is COC(=O)c1ccc(C(=O)Nc2ccc3c(c2)CN(C(=O)C(N)C(C)(C)SC)C(C)C3)cc1. The second-order valence-electron chi connectivity index (χ2n) is 8.81. The smallest absolute Gasteiger partial charge is 0.337 e. The van der Waals surface area contributed by atoms with Crippen LogP contribution in [0.15, 0.2) is 42.5 Å². The predicted octanol–water partition coefficient (Wildman–Crippen LogP) is 3.47. The second kappa shape index (κ2) is 9.97. The number of esters is 1. The van der Waals surface area contributed by atoms with E-state index in [1.54, 1.807) is 36.0 Å². The molecule has 1 aliphatic heterocycles. The molecule has 3 N–H and O–H groups in total. The number of rotatable bonds is 6. The number of benzene rings is 2. The largest absolute Gasteiger partial charge is 0.465 e. The number of carbonyl (C=O) groups is 3. The van der Waals surface area contributed by atoms with Gasteiger partial charge in [-0.1, -0.05) is 6.07 Å². The van der Waals surface area contributed by atoms with E-state index in [4.69, 9.17) is 5.73 Å². The highest BCUT2D eigenvalue weighted by molar-refractivity contribution is 8.00. The molecule has 2 aromatic carbocycles. The number of nitrogens with one attached hydrogen (secondary N) is 1. The standard InChI is InChI=1S/C25H31N3O4S/c1-15-12-18-10-11-20(27-22(29)16-6-8-17(9-7-16)24(31)32-4)13-19(18)14-28(15)23(30)21(26)25(2,3)33-5/h6-11,13,15,21H,12,14,26H2,1-5H3,(H,27,29).